The summed E-state index contributed by atoms with van der Waals surface area (Å²) in [4.78, 5) is 2.57. The zero-order valence-corrected chi connectivity index (χ0v) is 24.4. The summed E-state index contributed by atoms with van der Waals surface area (Å²) in [7, 11) is 3.71. The van der Waals surface area contributed by atoms with Crippen molar-refractivity contribution in [3.05, 3.63) is 0 Å². The number of methoxy groups -OCH3 is 1. The number of hydrogen-bond acceptors (Lipinski definition) is 6. The van der Waals surface area contributed by atoms with Crippen LogP contribution in [0.25, 0.3) is 0 Å². The number of nitrogens with zero attached hydrogens (tertiary/aromatic N) is 1. The Hall–Kier alpha value is 0.620. The number of rotatable bonds is 27. The third kappa shape index (κ3) is 22.8. The van der Waals surface area contributed by atoms with E-state index in [0.717, 1.165) is 108 Å². The lowest BCUT2D eigenvalue weighted by Crippen LogP contribution is -2.31. The highest BCUT2D eigenvalue weighted by atomic mass is 31.1. The molecule has 0 aliphatic rings. The molecule has 0 heterocycles. The maximum absolute atomic E-state index is 5.85. The predicted molar refractivity (Wildman–Crippen MR) is 146 cm³/mol. The number of hydrogen-bond donors (Lipinski definition) is 0. The first-order valence-electron chi connectivity index (χ1n) is 13.3. The summed E-state index contributed by atoms with van der Waals surface area (Å²) >= 11 is 0. The fraction of sp³-hybridized carbons (Fsp3) is 1.00. The van der Waals surface area contributed by atoms with Crippen LogP contribution in [0.15, 0.2) is 0 Å². The minimum atomic E-state index is -0.0189. The lowest BCUT2D eigenvalue weighted by molar-refractivity contribution is -0.142. The van der Waals surface area contributed by atoms with Crippen molar-refractivity contribution in [3.63, 3.8) is 0 Å². The number of ether oxygens (including phenoxy) is 5. The quantitative estimate of drug-likeness (QED) is 0.0833. The molecule has 2 unspecified atom stereocenters. The second kappa shape index (κ2) is 27.2. The van der Waals surface area contributed by atoms with Gasteiger partial charge in [0, 0.05) is 66.0 Å². The third-order valence-corrected chi connectivity index (χ3v) is 7.41. The Morgan fingerprint density at radius 1 is 0.545 bits per heavy atom. The Bertz CT molecular complexity index is 337. The first-order chi connectivity index (χ1) is 16.2. The minimum absolute atomic E-state index is 0.0189. The van der Waals surface area contributed by atoms with Gasteiger partial charge in [0.1, 0.15) is 0 Å². The summed E-state index contributed by atoms with van der Waals surface area (Å²) < 4.78 is 28.7. The fourth-order valence-electron chi connectivity index (χ4n) is 3.15. The largest absolute Gasteiger partial charge is 0.383 e. The molecule has 0 rings (SSSR count). The molecule has 0 fully saturated rings. The molecular formula is C25H55NO5P2. The Morgan fingerprint density at radius 3 is 1.27 bits per heavy atom. The van der Waals surface area contributed by atoms with Crippen molar-refractivity contribution in [2.75, 3.05) is 84.4 Å². The molecule has 200 valence electrons. The lowest BCUT2D eigenvalue weighted by Gasteiger charge is -2.23. The van der Waals surface area contributed by atoms with Gasteiger partial charge in [0.2, 0.25) is 0 Å². The summed E-state index contributed by atoms with van der Waals surface area (Å²) in [6.45, 7) is 15.9. The van der Waals surface area contributed by atoms with Crippen molar-refractivity contribution >= 4 is 17.2 Å². The van der Waals surface area contributed by atoms with E-state index in [2.05, 4.69) is 32.6 Å². The van der Waals surface area contributed by atoms with E-state index in [0.29, 0.717) is 0 Å². The average Bonchev–Trinajstić information content (AvgIpc) is 2.83. The third-order valence-electron chi connectivity index (χ3n) is 4.97. The zero-order chi connectivity index (χ0) is 24.4. The summed E-state index contributed by atoms with van der Waals surface area (Å²) in [5.41, 5.74) is 0. The normalized spacial score (nSPS) is 12.7. The molecule has 0 aliphatic carbocycles. The van der Waals surface area contributed by atoms with E-state index >= 15 is 0 Å². The lowest BCUT2D eigenvalue weighted by atomic mass is 10.4. The maximum atomic E-state index is 5.85. The zero-order valence-electron chi connectivity index (χ0n) is 22.4. The molecule has 0 N–H and O–H groups in total. The first kappa shape index (κ1) is 33.6. The Morgan fingerprint density at radius 2 is 0.939 bits per heavy atom. The Kier molecular flexibility index (Phi) is 27.7. The van der Waals surface area contributed by atoms with Gasteiger partial charge in [-0.1, -0.05) is 27.7 Å². The molecular weight excluding hydrogens is 456 g/mol. The van der Waals surface area contributed by atoms with Crippen LogP contribution in [-0.2, 0) is 23.7 Å². The first-order valence-corrected chi connectivity index (χ1v) is 16.1. The molecule has 0 saturated heterocycles. The summed E-state index contributed by atoms with van der Waals surface area (Å²) in [6, 6.07) is 0. The molecule has 0 amide bonds. The molecule has 0 bridgehead atoms. The van der Waals surface area contributed by atoms with Crippen LogP contribution in [0.2, 0.25) is 0 Å². The molecule has 0 spiro atoms. The SMILES string of the molecule is CCCOC(CCPCCN(CCOC)CCPCCC(OCCC)OCCC)OCCC. The van der Waals surface area contributed by atoms with Crippen molar-refractivity contribution < 1.29 is 23.7 Å². The van der Waals surface area contributed by atoms with E-state index in [1.807, 2.05) is 0 Å². The van der Waals surface area contributed by atoms with Gasteiger partial charge in [0.25, 0.3) is 0 Å². The highest BCUT2D eigenvalue weighted by molar-refractivity contribution is 7.38. The van der Waals surface area contributed by atoms with Crippen molar-refractivity contribution in [1.82, 2.24) is 4.90 Å². The van der Waals surface area contributed by atoms with Crippen molar-refractivity contribution in [3.8, 4) is 0 Å². The molecule has 0 aromatic heterocycles. The summed E-state index contributed by atoms with van der Waals surface area (Å²) in [6.07, 6.45) is 11.0. The fourth-order valence-corrected chi connectivity index (χ4v) is 5.48. The van der Waals surface area contributed by atoms with Crippen LogP contribution in [0.1, 0.15) is 66.2 Å². The van der Waals surface area contributed by atoms with E-state index in [1.165, 1.54) is 24.6 Å². The maximum Gasteiger partial charge on any atom is 0.157 e. The van der Waals surface area contributed by atoms with Gasteiger partial charge in [-0.3, -0.25) is 0 Å². The summed E-state index contributed by atoms with van der Waals surface area (Å²) in [5.74, 6) is 0. The van der Waals surface area contributed by atoms with E-state index in [4.69, 9.17) is 23.7 Å². The molecule has 8 heteroatoms. The molecule has 2 atom stereocenters. The Balaban J connectivity index is 4.08. The van der Waals surface area contributed by atoms with Crippen molar-refractivity contribution in [1.29, 1.82) is 0 Å². The smallest absolute Gasteiger partial charge is 0.157 e. The van der Waals surface area contributed by atoms with Gasteiger partial charge < -0.3 is 28.6 Å². The average molecular weight is 512 g/mol. The molecule has 0 aliphatic heterocycles. The second-order valence-corrected chi connectivity index (χ2v) is 11.3. The van der Waals surface area contributed by atoms with Gasteiger partial charge in [0.15, 0.2) is 12.6 Å². The van der Waals surface area contributed by atoms with E-state index in [-0.39, 0.29) is 12.6 Å². The van der Waals surface area contributed by atoms with Gasteiger partial charge in [-0.05, 0) is 50.3 Å². The van der Waals surface area contributed by atoms with Crippen molar-refractivity contribution in [2.24, 2.45) is 0 Å². The van der Waals surface area contributed by atoms with Crippen LogP contribution in [0.4, 0.5) is 0 Å². The van der Waals surface area contributed by atoms with Crippen LogP contribution in [0, 0.1) is 0 Å². The van der Waals surface area contributed by atoms with Gasteiger partial charge in [-0.2, -0.15) is 0 Å². The molecule has 0 aromatic carbocycles. The van der Waals surface area contributed by atoms with Crippen LogP contribution in [0.3, 0.4) is 0 Å². The molecule has 0 saturated carbocycles. The van der Waals surface area contributed by atoms with Crippen LogP contribution >= 0.6 is 17.2 Å². The molecule has 0 aromatic rings. The highest BCUT2D eigenvalue weighted by Gasteiger charge is 2.11. The summed E-state index contributed by atoms with van der Waals surface area (Å²) in [5, 5.41) is 0. The van der Waals surface area contributed by atoms with Crippen LogP contribution in [0.5, 0.6) is 0 Å². The second-order valence-electron chi connectivity index (χ2n) is 8.25. The van der Waals surface area contributed by atoms with Gasteiger partial charge in [-0.25, -0.2) is 0 Å². The molecule has 6 nitrogen and oxygen atoms in total. The highest BCUT2D eigenvalue weighted by Crippen LogP contribution is 2.18. The Labute approximate surface area is 209 Å². The van der Waals surface area contributed by atoms with Gasteiger partial charge in [-0.15, -0.1) is 17.2 Å². The minimum Gasteiger partial charge on any atom is -0.383 e. The van der Waals surface area contributed by atoms with Crippen LogP contribution < -0.4 is 0 Å². The van der Waals surface area contributed by atoms with Gasteiger partial charge >= 0.3 is 0 Å². The molecule has 33 heavy (non-hydrogen) atoms. The monoisotopic (exact) mass is 511 g/mol. The van der Waals surface area contributed by atoms with E-state index < -0.39 is 0 Å². The predicted octanol–water partition coefficient (Wildman–Crippen LogP) is 5.43. The van der Waals surface area contributed by atoms with Crippen LogP contribution in [-0.4, -0.2) is 102 Å². The van der Waals surface area contributed by atoms with Crippen molar-refractivity contribution in [2.45, 2.75) is 78.8 Å². The molecule has 0 radical (unpaired) electrons. The van der Waals surface area contributed by atoms with E-state index in [1.54, 1.807) is 7.11 Å². The van der Waals surface area contributed by atoms with E-state index in [9.17, 15) is 0 Å². The topological polar surface area (TPSA) is 49.4 Å². The van der Waals surface area contributed by atoms with Gasteiger partial charge in [0.05, 0.1) is 6.61 Å². The standard InChI is InChI=1S/C25H55NO5P2/c1-6-15-28-24(29-16-7-2)10-20-32-22-13-26(12-19-27-5)14-23-33-21-11-25(30-17-8-3)31-18-9-4/h24-25,32-33H,6-23H2,1-5H3.